The molecule has 0 radical (unpaired) electrons. The van der Waals surface area contributed by atoms with Crippen LogP contribution >= 0.6 is 0 Å². The third-order valence-corrected chi connectivity index (χ3v) is 14.5. The molecule has 0 unspecified atom stereocenters. The van der Waals surface area contributed by atoms with Crippen LogP contribution in [0.4, 0.5) is 0 Å². The zero-order valence-corrected chi connectivity index (χ0v) is 17.2. The summed E-state index contributed by atoms with van der Waals surface area (Å²) >= 11 is -3.16. The first-order valence-electron chi connectivity index (χ1n) is 7.18. The number of benzene rings is 2. The number of rotatable bonds is 3. The predicted molar refractivity (Wildman–Crippen MR) is 90.2 cm³/mol. The SMILES string of the molecule is CC(=O)[O][Pb]([CH3])([CH3])[c]1c(C)cc(-c2ccccc2)cc1C. The zero-order valence-electron chi connectivity index (χ0n) is 13.4. The Labute approximate surface area is 132 Å². The molecule has 2 aromatic carbocycles. The molecule has 0 saturated heterocycles. The summed E-state index contributed by atoms with van der Waals surface area (Å²) in [7, 11) is 0. The van der Waals surface area contributed by atoms with Gasteiger partial charge in [-0.05, 0) is 0 Å². The Hall–Kier alpha value is -1.17. The normalized spacial score (nSPS) is 11.3. The van der Waals surface area contributed by atoms with Gasteiger partial charge in [0.2, 0.25) is 0 Å². The summed E-state index contributed by atoms with van der Waals surface area (Å²) in [6, 6.07) is 14.8. The van der Waals surface area contributed by atoms with Crippen LogP contribution in [0.25, 0.3) is 11.1 Å². The molecule has 0 spiro atoms. The Balaban J connectivity index is 2.50. The van der Waals surface area contributed by atoms with Gasteiger partial charge in [0.05, 0.1) is 0 Å². The second-order valence-corrected chi connectivity index (χ2v) is 20.4. The van der Waals surface area contributed by atoms with Crippen molar-refractivity contribution in [1.29, 1.82) is 0 Å². The van der Waals surface area contributed by atoms with Crippen LogP contribution in [-0.2, 0) is 7.48 Å². The molecule has 0 aromatic heterocycles. The molecule has 3 heteroatoms. The second-order valence-electron chi connectivity index (χ2n) is 5.96. The van der Waals surface area contributed by atoms with E-state index in [1.165, 1.54) is 32.3 Å². The first-order chi connectivity index (χ1) is 9.81. The van der Waals surface area contributed by atoms with Gasteiger partial charge in [-0.25, -0.2) is 0 Å². The van der Waals surface area contributed by atoms with E-state index in [2.05, 4.69) is 59.2 Å². The Kier molecular flexibility index (Phi) is 4.86. The number of hydrogen-bond acceptors (Lipinski definition) is 2. The van der Waals surface area contributed by atoms with E-state index in [0.717, 1.165) is 0 Å². The van der Waals surface area contributed by atoms with Gasteiger partial charge in [-0.2, -0.15) is 0 Å². The third kappa shape index (κ3) is 3.73. The van der Waals surface area contributed by atoms with Crippen LogP contribution in [-0.4, -0.2) is 27.6 Å². The van der Waals surface area contributed by atoms with Gasteiger partial charge >= 0.3 is 133 Å². The second kappa shape index (κ2) is 6.30. The minimum atomic E-state index is -3.16. The first-order valence-corrected chi connectivity index (χ1v) is 18.5. The molecule has 2 nitrogen and oxygen atoms in total. The van der Waals surface area contributed by atoms with E-state index in [9.17, 15) is 4.79 Å². The molecule has 0 amide bonds. The molecule has 0 saturated carbocycles. The van der Waals surface area contributed by atoms with Crippen molar-refractivity contribution in [2.45, 2.75) is 29.7 Å². The van der Waals surface area contributed by atoms with Gasteiger partial charge in [0.25, 0.3) is 0 Å². The van der Waals surface area contributed by atoms with Crippen molar-refractivity contribution in [3.8, 4) is 11.1 Å². The van der Waals surface area contributed by atoms with Crippen LogP contribution < -0.4 is 3.12 Å². The van der Waals surface area contributed by atoms with Gasteiger partial charge < -0.3 is 0 Å². The van der Waals surface area contributed by atoms with Gasteiger partial charge in [0.15, 0.2) is 0 Å². The van der Waals surface area contributed by atoms with Crippen LogP contribution in [0.1, 0.15) is 18.1 Å². The van der Waals surface area contributed by atoms with Crippen molar-refractivity contribution in [3.05, 3.63) is 53.6 Å². The zero-order chi connectivity index (χ0) is 15.6. The predicted octanol–water partition coefficient (Wildman–Crippen LogP) is 3.95. The maximum absolute atomic E-state index is 11.4. The molecule has 0 fully saturated rings. The molecule has 110 valence electrons. The van der Waals surface area contributed by atoms with Crippen LogP contribution in [0.2, 0.25) is 8.97 Å². The summed E-state index contributed by atoms with van der Waals surface area (Å²) in [6.07, 6.45) is 0. The summed E-state index contributed by atoms with van der Waals surface area (Å²) in [5, 5.41) is 0. The summed E-state index contributed by atoms with van der Waals surface area (Å²) in [4.78, 5) is 11.4. The Morgan fingerprint density at radius 2 is 1.48 bits per heavy atom. The molecule has 0 aliphatic rings. The Bertz CT molecular complexity index is 637. The molecular weight excluding hydrogens is 455 g/mol. The van der Waals surface area contributed by atoms with Crippen molar-refractivity contribution in [2.75, 3.05) is 0 Å². The average Bonchev–Trinajstić information content (AvgIpc) is 2.36. The molecule has 2 rings (SSSR count). The third-order valence-electron chi connectivity index (χ3n) is 3.64. The fourth-order valence-corrected chi connectivity index (χ4v) is 14.3. The maximum atomic E-state index is 11.4. The summed E-state index contributed by atoms with van der Waals surface area (Å²) in [5.41, 5.74) is 4.92. The van der Waals surface area contributed by atoms with E-state index in [4.69, 9.17) is 2.69 Å². The molecule has 21 heavy (non-hydrogen) atoms. The monoisotopic (exact) mass is 478 g/mol. The fourth-order valence-electron chi connectivity index (χ4n) is 3.12. The average molecular weight is 478 g/mol. The molecule has 0 aliphatic carbocycles. The first kappa shape index (κ1) is 16.2. The molecule has 2 aromatic rings. The quantitative estimate of drug-likeness (QED) is 0.626. The number of hydrogen-bond donors (Lipinski definition) is 0. The van der Waals surface area contributed by atoms with Gasteiger partial charge in [0.1, 0.15) is 0 Å². The van der Waals surface area contributed by atoms with E-state index < -0.39 is 21.6 Å². The van der Waals surface area contributed by atoms with Gasteiger partial charge in [-0.1, -0.05) is 0 Å². The fraction of sp³-hybridized carbons (Fsp3) is 0.278. The van der Waals surface area contributed by atoms with Crippen LogP contribution in [0.3, 0.4) is 0 Å². The molecule has 0 atom stereocenters. The van der Waals surface area contributed by atoms with E-state index in [-0.39, 0.29) is 5.97 Å². The van der Waals surface area contributed by atoms with Crippen LogP contribution in [0, 0.1) is 13.8 Å². The number of aryl methyl sites for hydroxylation is 2. The van der Waals surface area contributed by atoms with Crippen LogP contribution in [0.5, 0.6) is 0 Å². The van der Waals surface area contributed by atoms with Crippen molar-refractivity contribution in [2.24, 2.45) is 0 Å². The van der Waals surface area contributed by atoms with Crippen LogP contribution in [0.15, 0.2) is 42.5 Å². The summed E-state index contributed by atoms with van der Waals surface area (Å²) in [5.74, 6) is -0.160. The summed E-state index contributed by atoms with van der Waals surface area (Å²) in [6.45, 7) is 5.75. The Morgan fingerprint density at radius 1 is 0.952 bits per heavy atom. The number of carbonyl (C=O) groups excluding carboxylic acids is 1. The van der Waals surface area contributed by atoms with Gasteiger partial charge in [-0.15, -0.1) is 0 Å². The Morgan fingerprint density at radius 3 is 1.95 bits per heavy atom. The van der Waals surface area contributed by atoms with E-state index in [1.807, 2.05) is 6.07 Å². The summed E-state index contributed by atoms with van der Waals surface area (Å²) < 4.78 is 11.3. The molecular formula is C18H22O2Pb. The van der Waals surface area contributed by atoms with E-state index in [0.29, 0.717) is 0 Å². The molecule has 0 aliphatic heterocycles. The van der Waals surface area contributed by atoms with Crippen molar-refractivity contribution < 1.29 is 7.48 Å². The van der Waals surface area contributed by atoms with Crippen molar-refractivity contribution in [1.82, 2.24) is 0 Å². The molecule has 0 bridgehead atoms. The molecule has 0 heterocycles. The minimum absolute atomic E-state index is 0.160. The van der Waals surface area contributed by atoms with Gasteiger partial charge in [0, 0.05) is 0 Å². The standard InChI is InChI=1S/C14H13.C2H4O2.2CH3.Pb/c1-11-8-12(2)10-14(9-11)13-6-4-3-5-7-13;1-2(3)4;;;/h3-7,9-10H,1-2H3;1H3,(H,3,4);2*1H3;/q;;;;+1/p-1. The topological polar surface area (TPSA) is 26.3 Å². The number of carbonyl (C=O) groups is 1. The molecule has 0 N–H and O–H groups in total. The van der Waals surface area contributed by atoms with Crippen molar-refractivity contribution >= 4 is 30.7 Å². The van der Waals surface area contributed by atoms with E-state index in [1.54, 1.807) is 0 Å². The van der Waals surface area contributed by atoms with E-state index >= 15 is 0 Å². The van der Waals surface area contributed by atoms with Crippen molar-refractivity contribution in [3.63, 3.8) is 0 Å². The van der Waals surface area contributed by atoms with Gasteiger partial charge in [-0.3, -0.25) is 0 Å².